The van der Waals surface area contributed by atoms with E-state index >= 15 is 0 Å². The maximum absolute atomic E-state index is 3.08. The first kappa shape index (κ1) is 22.4. The lowest BCUT2D eigenvalue weighted by Crippen LogP contribution is -3.00. The van der Waals surface area contributed by atoms with Crippen molar-refractivity contribution >= 4 is 0 Å². The quantitative estimate of drug-likeness (QED) is 0.434. The Morgan fingerprint density at radius 3 is 1.43 bits per heavy atom. The van der Waals surface area contributed by atoms with Crippen LogP contribution in [0.25, 0.3) is 0 Å². The number of hydrogen-bond donors (Lipinski definition) is 0. The van der Waals surface area contributed by atoms with Crippen molar-refractivity contribution in [2.24, 2.45) is 0 Å². The number of H-pyrrole nitrogens is 1. The number of pyridine rings is 1. The van der Waals surface area contributed by atoms with Gasteiger partial charge in [0.2, 0.25) is 0 Å². The minimum atomic E-state index is 0. The third-order valence-corrected chi connectivity index (χ3v) is 4.61. The maximum Gasteiger partial charge on any atom is 0.167 e. The zero-order valence-corrected chi connectivity index (χ0v) is 16.0. The Hall–Kier alpha value is -0.560. The molecule has 0 aliphatic rings. The van der Waals surface area contributed by atoms with E-state index in [0.717, 1.165) is 0 Å². The van der Waals surface area contributed by atoms with E-state index in [1.807, 2.05) is 12.4 Å². The summed E-state index contributed by atoms with van der Waals surface area (Å²) in [4.78, 5) is 3.08. The number of aromatic amines is 1. The Morgan fingerprint density at radius 2 is 1.00 bits per heavy atom. The van der Waals surface area contributed by atoms with Gasteiger partial charge in [-0.15, -0.1) is 0 Å². The molecule has 1 heterocycles. The summed E-state index contributed by atoms with van der Waals surface area (Å²) in [5.74, 6) is 0. The third kappa shape index (κ3) is 14.7. The van der Waals surface area contributed by atoms with Gasteiger partial charge in [0.15, 0.2) is 12.4 Å². The largest absolute Gasteiger partial charge is 1.00 e. The van der Waals surface area contributed by atoms with Crippen molar-refractivity contribution in [2.75, 3.05) is 0 Å². The molecular weight excluding hydrogens is 302 g/mol. The van der Waals surface area contributed by atoms with Crippen molar-refractivity contribution in [1.29, 1.82) is 0 Å². The number of halogens is 1. The van der Waals surface area contributed by atoms with Crippen molar-refractivity contribution in [2.45, 2.75) is 103 Å². The summed E-state index contributed by atoms with van der Waals surface area (Å²) in [5.41, 5.74) is 1.47. The molecule has 1 rings (SSSR count). The van der Waals surface area contributed by atoms with E-state index in [1.165, 1.54) is 102 Å². The zero-order valence-electron chi connectivity index (χ0n) is 15.3. The Morgan fingerprint density at radius 1 is 0.609 bits per heavy atom. The topological polar surface area (TPSA) is 14.1 Å². The van der Waals surface area contributed by atoms with Gasteiger partial charge in [-0.05, 0) is 18.4 Å². The number of aromatic nitrogens is 1. The Balaban J connectivity index is 0.00000484. The van der Waals surface area contributed by atoms with Crippen LogP contribution in [0.15, 0.2) is 24.5 Å². The highest BCUT2D eigenvalue weighted by Gasteiger charge is 1.96. The fourth-order valence-electron chi connectivity index (χ4n) is 3.11. The van der Waals surface area contributed by atoms with Gasteiger partial charge in [0.1, 0.15) is 0 Å². The average molecular weight is 340 g/mol. The highest BCUT2D eigenvalue weighted by molar-refractivity contribution is 5.06. The molecule has 0 spiro atoms. The molecule has 0 amide bonds. The monoisotopic (exact) mass is 339 g/mol. The van der Waals surface area contributed by atoms with Gasteiger partial charge in [0.05, 0.1) is 0 Å². The molecule has 0 fully saturated rings. The van der Waals surface area contributed by atoms with E-state index in [2.05, 4.69) is 24.0 Å². The van der Waals surface area contributed by atoms with Gasteiger partial charge in [-0.2, -0.15) is 0 Å². The molecule has 1 N–H and O–H groups in total. The summed E-state index contributed by atoms with van der Waals surface area (Å²) in [5, 5.41) is 0. The minimum absolute atomic E-state index is 0. The molecule has 2 heteroatoms. The molecular formula is C21H38ClN. The van der Waals surface area contributed by atoms with Gasteiger partial charge in [0, 0.05) is 12.1 Å². The molecule has 0 unspecified atom stereocenters. The van der Waals surface area contributed by atoms with Crippen LogP contribution in [0.4, 0.5) is 0 Å². The van der Waals surface area contributed by atoms with Crippen molar-refractivity contribution in [3.05, 3.63) is 30.1 Å². The molecule has 0 atom stereocenters. The van der Waals surface area contributed by atoms with E-state index in [9.17, 15) is 0 Å². The van der Waals surface area contributed by atoms with Crippen molar-refractivity contribution in [3.8, 4) is 0 Å². The molecule has 0 radical (unpaired) electrons. The second-order valence-corrected chi connectivity index (χ2v) is 6.75. The first-order valence-corrected chi connectivity index (χ1v) is 9.88. The number of aryl methyl sites for hydroxylation is 1. The predicted octanol–water partition coefficient (Wildman–Crippen LogP) is 3.53. The molecule has 23 heavy (non-hydrogen) atoms. The second-order valence-electron chi connectivity index (χ2n) is 6.75. The first-order valence-electron chi connectivity index (χ1n) is 9.88. The number of hydrogen-bond acceptors (Lipinski definition) is 0. The normalized spacial score (nSPS) is 10.5. The second kappa shape index (κ2) is 17.8. The summed E-state index contributed by atoms with van der Waals surface area (Å²) in [7, 11) is 0. The van der Waals surface area contributed by atoms with Crippen LogP contribution in [0.5, 0.6) is 0 Å². The summed E-state index contributed by atoms with van der Waals surface area (Å²) in [6.45, 7) is 2.29. The van der Waals surface area contributed by atoms with Crippen LogP contribution < -0.4 is 17.4 Å². The first-order chi connectivity index (χ1) is 10.9. The molecule has 0 aliphatic carbocycles. The average Bonchev–Trinajstić information content (AvgIpc) is 2.56. The molecule has 0 bridgehead atoms. The Bertz CT molecular complexity index is 326. The summed E-state index contributed by atoms with van der Waals surface area (Å²) in [6.07, 6.45) is 25.4. The highest BCUT2D eigenvalue weighted by Crippen LogP contribution is 2.13. The third-order valence-electron chi connectivity index (χ3n) is 4.61. The van der Waals surface area contributed by atoms with Crippen LogP contribution in [0, 0.1) is 0 Å². The molecule has 1 aromatic rings. The van der Waals surface area contributed by atoms with Crippen LogP contribution in [0.2, 0.25) is 0 Å². The molecule has 134 valence electrons. The SMILES string of the molecule is CCCCCCCCCCCCCCCCc1cc[nH+]cc1.[Cl-]. The van der Waals surface area contributed by atoms with Crippen LogP contribution in [0.3, 0.4) is 0 Å². The number of unbranched alkanes of at least 4 members (excludes halogenated alkanes) is 13. The smallest absolute Gasteiger partial charge is 0.167 e. The van der Waals surface area contributed by atoms with Gasteiger partial charge >= 0.3 is 0 Å². The van der Waals surface area contributed by atoms with Crippen molar-refractivity contribution in [1.82, 2.24) is 0 Å². The van der Waals surface area contributed by atoms with Crippen LogP contribution in [-0.2, 0) is 6.42 Å². The van der Waals surface area contributed by atoms with Gasteiger partial charge < -0.3 is 12.4 Å². The van der Waals surface area contributed by atoms with Gasteiger partial charge in [0.25, 0.3) is 0 Å². The predicted molar refractivity (Wildman–Crippen MR) is 97.0 cm³/mol. The summed E-state index contributed by atoms with van der Waals surface area (Å²) in [6, 6.07) is 4.39. The highest BCUT2D eigenvalue weighted by atomic mass is 35.5. The fourth-order valence-corrected chi connectivity index (χ4v) is 3.11. The van der Waals surface area contributed by atoms with E-state index in [1.54, 1.807) is 0 Å². The summed E-state index contributed by atoms with van der Waals surface area (Å²) < 4.78 is 0. The molecule has 0 aliphatic heterocycles. The van der Waals surface area contributed by atoms with E-state index < -0.39 is 0 Å². The lowest BCUT2D eigenvalue weighted by atomic mass is 10.0. The maximum atomic E-state index is 3.08. The van der Waals surface area contributed by atoms with Crippen molar-refractivity contribution < 1.29 is 17.4 Å². The van der Waals surface area contributed by atoms with Crippen LogP contribution in [0.1, 0.15) is 102 Å². The van der Waals surface area contributed by atoms with Gasteiger partial charge in [-0.3, -0.25) is 0 Å². The van der Waals surface area contributed by atoms with Crippen LogP contribution in [-0.4, -0.2) is 0 Å². The zero-order chi connectivity index (χ0) is 15.7. The number of rotatable bonds is 15. The van der Waals surface area contributed by atoms with E-state index in [4.69, 9.17) is 0 Å². The molecule has 1 nitrogen and oxygen atoms in total. The van der Waals surface area contributed by atoms with Gasteiger partial charge in [-0.1, -0.05) is 90.4 Å². The number of nitrogens with one attached hydrogen (secondary N) is 1. The summed E-state index contributed by atoms with van der Waals surface area (Å²) >= 11 is 0. The molecule has 0 aromatic carbocycles. The van der Waals surface area contributed by atoms with Crippen molar-refractivity contribution in [3.63, 3.8) is 0 Å². The molecule has 0 saturated heterocycles. The molecule has 0 saturated carbocycles. The Kier molecular flexibility index (Phi) is 17.4. The van der Waals surface area contributed by atoms with Crippen LogP contribution >= 0.6 is 0 Å². The lowest BCUT2D eigenvalue weighted by molar-refractivity contribution is -0.378. The lowest BCUT2D eigenvalue weighted by Gasteiger charge is -2.03. The fraction of sp³-hybridized carbons (Fsp3) is 0.762. The van der Waals surface area contributed by atoms with E-state index in [0.29, 0.717) is 0 Å². The molecule has 1 aromatic heterocycles. The van der Waals surface area contributed by atoms with Gasteiger partial charge in [-0.25, -0.2) is 4.98 Å². The minimum Gasteiger partial charge on any atom is -1.00 e. The Labute approximate surface area is 151 Å². The van der Waals surface area contributed by atoms with E-state index in [-0.39, 0.29) is 12.4 Å². The standard InChI is InChI=1S/C21H37N.ClH/c1-2-3-4-5-6-7-8-9-10-11-12-13-14-15-16-21-17-19-22-20-18-21;/h17-20H,2-16H2,1H3;1H.